The molecular weight excluding hydrogens is 318 g/mol. The number of hydrogen-bond donors (Lipinski definition) is 1. The normalized spacial score (nSPS) is 10.9. The predicted molar refractivity (Wildman–Crippen MR) is 83.6 cm³/mol. The summed E-state index contributed by atoms with van der Waals surface area (Å²) in [6, 6.07) is 13.6. The van der Waals surface area contributed by atoms with Crippen LogP contribution in [-0.2, 0) is 13.7 Å². The Morgan fingerprint density at radius 1 is 1.25 bits per heavy atom. The maximum atomic E-state index is 5.82. The Labute approximate surface area is 125 Å². The SMILES string of the molecule is Cn1nc(COc2cc(N)ccc2Br)c2ccccc21. The number of hydrogen-bond acceptors (Lipinski definition) is 3. The number of nitrogens with zero attached hydrogens (tertiary/aromatic N) is 2. The van der Waals surface area contributed by atoms with Crippen molar-refractivity contribution in [1.82, 2.24) is 9.78 Å². The van der Waals surface area contributed by atoms with Crippen LogP contribution in [0.1, 0.15) is 5.69 Å². The van der Waals surface area contributed by atoms with Crippen molar-refractivity contribution in [3.05, 3.63) is 52.6 Å². The highest BCUT2D eigenvalue weighted by Gasteiger charge is 2.09. The number of nitrogens with two attached hydrogens (primary N) is 1. The zero-order valence-electron chi connectivity index (χ0n) is 11.0. The van der Waals surface area contributed by atoms with Gasteiger partial charge in [-0.05, 0) is 34.1 Å². The van der Waals surface area contributed by atoms with Gasteiger partial charge in [-0.3, -0.25) is 4.68 Å². The molecule has 0 radical (unpaired) electrons. The van der Waals surface area contributed by atoms with E-state index in [2.05, 4.69) is 27.1 Å². The van der Waals surface area contributed by atoms with E-state index in [0.717, 1.165) is 26.8 Å². The molecule has 1 aromatic heterocycles. The van der Waals surface area contributed by atoms with Gasteiger partial charge in [0.15, 0.2) is 0 Å². The van der Waals surface area contributed by atoms with Crippen LogP contribution in [0.4, 0.5) is 5.69 Å². The number of halogens is 1. The first kappa shape index (κ1) is 13.0. The summed E-state index contributed by atoms with van der Waals surface area (Å²) in [7, 11) is 1.93. The fraction of sp³-hybridized carbons (Fsp3) is 0.133. The van der Waals surface area contributed by atoms with Crippen molar-refractivity contribution < 1.29 is 4.74 Å². The topological polar surface area (TPSA) is 53.1 Å². The Kier molecular flexibility index (Phi) is 3.36. The Balaban J connectivity index is 1.89. The van der Waals surface area contributed by atoms with Gasteiger partial charge in [-0.25, -0.2) is 0 Å². The summed E-state index contributed by atoms with van der Waals surface area (Å²) in [4.78, 5) is 0. The smallest absolute Gasteiger partial charge is 0.136 e. The van der Waals surface area contributed by atoms with E-state index in [0.29, 0.717) is 12.3 Å². The van der Waals surface area contributed by atoms with E-state index in [1.165, 1.54) is 0 Å². The Hall–Kier alpha value is -2.01. The molecule has 0 fully saturated rings. The second-order valence-electron chi connectivity index (χ2n) is 4.57. The van der Waals surface area contributed by atoms with Gasteiger partial charge in [0.2, 0.25) is 0 Å². The summed E-state index contributed by atoms with van der Waals surface area (Å²) in [6.45, 7) is 0.406. The summed E-state index contributed by atoms with van der Waals surface area (Å²) in [5.41, 5.74) is 8.46. The average molecular weight is 332 g/mol. The summed E-state index contributed by atoms with van der Waals surface area (Å²) < 4.78 is 8.57. The molecule has 1 heterocycles. The number of fused-ring (bicyclic) bond motifs is 1. The van der Waals surface area contributed by atoms with E-state index in [-0.39, 0.29) is 0 Å². The van der Waals surface area contributed by atoms with Gasteiger partial charge in [0.05, 0.1) is 9.99 Å². The molecule has 0 spiro atoms. The lowest BCUT2D eigenvalue weighted by molar-refractivity contribution is 0.299. The minimum absolute atomic E-state index is 0.406. The van der Waals surface area contributed by atoms with Crippen LogP contribution >= 0.6 is 15.9 Å². The Morgan fingerprint density at radius 2 is 2.05 bits per heavy atom. The number of anilines is 1. The van der Waals surface area contributed by atoms with Gasteiger partial charge in [-0.1, -0.05) is 18.2 Å². The standard InChI is InChI=1S/C15H14BrN3O/c1-19-14-5-3-2-4-11(14)13(18-19)9-20-15-8-10(17)6-7-12(15)16/h2-8H,9,17H2,1H3. The molecule has 0 unspecified atom stereocenters. The molecule has 4 nitrogen and oxygen atoms in total. The van der Waals surface area contributed by atoms with Crippen molar-refractivity contribution in [1.29, 1.82) is 0 Å². The molecule has 20 heavy (non-hydrogen) atoms. The largest absolute Gasteiger partial charge is 0.486 e. The molecule has 5 heteroatoms. The highest BCUT2D eigenvalue weighted by atomic mass is 79.9. The van der Waals surface area contributed by atoms with Crippen molar-refractivity contribution in [3.8, 4) is 5.75 Å². The lowest BCUT2D eigenvalue weighted by Gasteiger charge is -2.07. The summed E-state index contributed by atoms with van der Waals surface area (Å²) >= 11 is 3.45. The first-order chi connectivity index (χ1) is 9.65. The quantitative estimate of drug-likeness (QED) is 0.747. The molecule has 3 aromatic rings. The summed E-state index contributed by atoms with van der Waals surface area (Å²) in [6.07, 6.45) is 0. The van der Waals surface area contributed by atoms with E-state index < -0.39 is 0 Å². The van der Waals surface area contributed by atoms with Gasteiger partial charge in [0, 0.05) is 24.2 Å². The maximum absolute atomic E-state index is 5.82. The van der Waals surface area contributed by atoms with Crippen molar-refractivity contribution in [3.63, 3.8) is 0 Å². The molecule has 2 aromatic carbocycles. The second kappa shape index (κ2) is 5.17. The molecule has 0 aliphatic heterocycles. The van der Waals surface area contributed by atoms with Crippen molar-refractivity contribution in [2.24, 2.45) is 7.05 Å². The van der Waals surface area contributed by atoms with Crippen LogP contribution in [0.15, 0.2) is 46.9 Å². The number of aromatic nitrogens is 2. The first-order valence-electron chi connectivity index (χ1n) is 6.23. The van der Waals surface area contributed by atoms with Crippen LogP contribution in [0, 0.1) is 0 Å². The molecule has 0 amide bonds. The fourth-order valence-electron chi connectivity index (χ4n) is 2.17. The van der Waals surface area contributed by atoms with Crippen LogP contribution in [0.5, 0.6) is 5.75 Å². The zero-order valence-corrected chi connectivity index (χ0v) is 12.6. The fourth-order valence-corrected chi connectivity index (χ4v) is 2.53. The molecule has 102 valence electrons. The highest BCUT2D eigenvalue weighted by molar-refractivity contribution is 9.10. The van der Waals surface area contributed by atoms with Crippen LogP contribution in [-0.4, -0.2) is 9.78 Å². The molecule has 2 N–H and O–H groups in total. The van der Waals surface area contributed by atoms with E-state index in [9.17, 15) is 0 Å². The van der Waals surface area contributed by atoms with Crippen molar-refractivity contribution in [2.45, 2.75) is 6.61 Å². The van der Waals surface area contributed by atoms with E-state index in [4.69, 9.17) is 10.5 Å². The van der Waals surface area contributed by atoms with Gasteiger partial charge in [-0.2, -0.15) is 5.10 Å². The summed E-state index contributed by atoms with van der Waals surface area (Å²) in [5, 5.41) is 5.61. The average Bonchev–Trinajstić information content (AvgIpc) is 2.77. The number of nitrogen functional groups attached to an aromatic ring is 1. The molecule has 0 saturated carbocycles. The molecule has 3 rings (SSSR count). The van der Waals surface area contributed by atoms with E-state index in [1.807, 2.05) is 42.1 Å². The van der Waals surface area contributed by atoms with Gasteiger partial charge in [-0.15, -0.1) is 0 Å². The third-order valence-corrected chi connectivity index (χ3v) is 3.81. The Morgan fingerprint density at radius 3 is 2.90 bits per heavy atom. The van der Waals surface area contributed by atoms with Crippen LogP contribution in [0.3, 0.4) is 0 Å². The Bertz CT molecular complexity index is 767. The molecule has 0 aliphatic carbocycles. The van der Waals surface area contributed by atoms with Crippen LogP contribution < -0.4 is 10.5 Å². The minimum atomic E-state index is 0.406. The van der Waals surface area contributed by atoms with Crippen molar-refractivity contribution >= 4 is 32.5 Å². The summed E-state index contributed by atoms with van der Waals surface area (Å²) in [5.74, 6) is 0.722. The second-order valence-corrected chi connectivity index (χ2v) is 5.42. The van der Waals surface area contributed by atoms with Gasteiger partial charge < -0.3 is 10.5 Å². The number of benzene rings is 2. The molecule has 0 aliphatic rings. The minimum Gasteiger partial charge on any atom is -0.486 e. The lowest BCUT2D eigenvalue weighted by Crippen LogP contribution is -1.99. The number of rotatable bonds is 3. The predicted octanol–water partition coefficient (Wildman–Crippen LogP) is 3.50. The lowest BCUT2D eigenvalue weighted by atomic mass is 10.2. The first-order valence-corrected chi connectivity index (χ1v) is 7.03. The molecule has 0 saturated heterocycles. The van der Waals surface area contributed by atoms with Gasteiger partial charge in [0.25, 0.3) is 0 Å². The number of para-hydroxylation sites is 1. The zero-order chi connectivity index (χ0) is 14.1. The number of aryl methyl sites for hydroxylation is 1. The van der Waals surface area contributed by atoms with Gasteiger partial charge >= 0.3 is 0 Å². The van der Waals surface area contributed by atoms with Crippen LogP contribution in [0.2, 0.25) is 0 Å². The van der Waals surface area contributed by atoms with E-state index in [1.54, 1.807) is 6.07 Å². The number of ether oxygens (including phenoxy) is 1. The van der Waals surface area contributed by atoms with Gasteiger partial charge in [0.1, 0.15) is 18.1 Å². The monoisotopic (exact) mass is 331 g/mol. The van der Waals surface area contributed by atoms with Crippen molar-refractivity contribution in [2.75, 3.05) is 5.73 Å². The third-order valence-electron chi connectivity index (χ3n) is 3.15. The van der Waals surface area contributed by atoms with E-state index >= 15 is 0 Å². The molecule has 0 atom stereocenters. The molecule has 0 bridgehead atoms. The molecular formula is C15H14BrN3O. The third kappa shape index (κ3) is 2.36. The maximum Gasteiger partial charge on any atom is 0.136 e. The highest BCUT2D eigenvalue weighted by Crippen LogP contribution is 2.28. The van der Waals surface area contributed by atoms with Crippen LogP contribution in [0.25, 0.3) is 10.9 Å².